The summed E-state index contributed by atoms with van der Waals surface area (Å²) in [5.41, 5.74) is 0. The molecule has 4 nitrogen and oxygen atoms in total. The lowest BCUT2D eigenvalue weighted by atomic mass is 10.2. The van der Waals surface area contributed by atoms with Gasteiger partial charge in [0.1, 0.15) is 10.7 Å². The summed E-state index contributed by atoms with van der Waals surface area (Å²) in [6.45, 7) is 4.45. The van der Waals surface area contributed by atoms with Gasteiger partial charge in [0.2, 0.25) is 10.0 Å². The number of halogens is 3. The van der Waals surface area contributed by atoms with Crippen molar-refractivity contribution in [1.82, 2.24) is 9.62 Å². The minimum atomic E-state index is -3.82. The Balaban J connectivity index is 0.00000200. The van der Waals surface area contributed by atoms with Gasteiger partial charge in [-0.2, -0.15) is 4.31 Å². The molecular weight excluding hydrogens is 326 g/mol. The van der Waals surface area contributed by atoms with Gasteiger partial charge in [0.05, 0.1) is 0 Å². The topological polar surface area (TPSA) is 49.4 Å². The van der Waals surface area contributed by atoms with Gasteiger partial charge < -0.3 is 5.32 Å². The van der Waals surface area contributed by atoms with Crippen molar-refractivity contribution < 1.29 is 12.8 Å². The lowest BCUT2D eigenvalue weighted by Gasteiger charge is -2.35. The van der Waals surface area contributed by atoms with Crippen LogP contribution in [0, 0.1) is 5.82 Å². The first kappa shape index (κ1) is 17.7. The van der Waals surface area contributed by atoms with Crippen LogP contribution in [0.4, 0.5) is 4.39 Å². The van der Waals surface area contributed by atoms with Gasteiger partial charge >= 0.3 is 0 Å². The second-order valence-corrected chi connectivity index (χ2v) is 7.21. The van der Waals surface area contributed by atoms with Gasteiger partial charge in [0, 0.05) is 30.2 Å². The zero-order valence-corrected chi connectivity index (χ0v) is 13.5. The van der Waals surface area contributed by atoms with E-state index in [1.54, 1.807) is 0 Å². The SMILES string of the molecule is CC1CN(S(=O)(=O)c2ccc(Cl)cc2F)CC(C)N1.Cl. The molecule has 0 aromatic heterocycles. The molecular formula is C12H17Cl2FN2O2S. The average molecular weight is 343 g/mol. The van der Waals surface area contributed by atoms with Crippen molar-refractivity contribution >= 4 is 34.0 Å². The monoisotopic (exact) mass is 342 g/mol. The van der Waals surface area contributed by atoms with Crippen molar-refractivity contribution in [3.63, 3.8) is 0 Å². The van der Waals surface area contributed by atoms with E-state index in [1.807, 2.05) is 13.8 Å². The molecule has 2 rings (SSSR count). The molecule has 2 unspecified atom stereocenters. The van der Waals surface area contributed by atoms with E-state index in [0.717, 1.165) is 6.07 Å². The van der Waals surface area contributed by atoms with Crippen molar-refractivity contribution in [1.29, 1.82) is 0 Å². The molecule has 1 aromatic carbocycles. The zero-order valence-electron chi connectivity index (χ0n) is 11.1. The molecule has 1 fully saturated rings. The number of rotatable bonds is 2. The van der Waals surface area contributed by atoms with Crippen LogP contribution in [0.1, 0.15) is 13.8 Å². The van der Waals surface area contributed by atoms with Crippen LogP contribution in [0.3, 0.4) is 0 Å². The molecule has 114 valence electrons. The summed E-state index contributed by atoms with van der Waals surface area (Å²) in [6.07, 6.45) is 0. The summed E-state index contributed by atoms with van der Waals surface area (Å²) in [5.74, 6) is -0.814. The van der Waals surface area contributed by atoms with Crippen molar-refractivity contribution in [2.45, 2.75) is 30.8 Å². The van der Waals surface area contributed by atoms with Crippen LogP contribution in [-0.2, 0) is 10.0 Å². The summed E-state index contributed by atoms with van der Waals surface area (Å²) in [5, 5.41) is 3.41. The minimum absolute atomic E-state index is 0. The van der Waals surface area contributed by atoms with Crippen LogP contribution in [0.2, 0.25) is 5.02 Å². The van der Waals surface area contributed by atoms with Gasteiger partial charge in [-0.1, -0.05) is 11.6 Å². The Kier molecular flexibility index (Phi) is 5.80. The summed E-state index contributed by atoms with van der Waals surface area (Å²) in [4.78, 5) is -0.321. The smallest absolute Gasteiger partial charge is 0.246 e. The van der Waals surface area contributed by atoms with E-state index in [2.05, 4.69) is 5.32 Å². The largest absolute Gasteiger partial charge is 0.309 e. The van der Waals surface area contributed by atoms with Crippen molar-refractivity contribution in [3.8, 4) is 0 Å². The summed E-state index contributed by atoms with van der Waals surface area (Å²) in [7, 11) is -3.82. The van der Waals surface area contributed by atoms with Crippen LogP contribution in [0.15, 0.2) is 23.1 Å². The predicted molar refractivity (Wildman–Crippen MR) is 79.5 cm³/mol. The van der Waals surface area contributed by atoms with Gasteiger partial charge in [-0.05, 0) is 32.0 Å². The first-order chi connectivity index (χ1) is 8.80. The molecule has 1 saturated heterocycles. The summed E-state index contributed by atoms with van der Waals surface area (Å²) in [6, 6.07) is 3.68. The van der Waals surface area contributed by atoms with Crippen LogP contribution in [0.25, 0.3) is 0 Å². The lowest BCUT2D eigenvalue weighted by Crippen LogP contribution is -2.55. The number of nitrogens with zero attached hydrogens (tertiary/aromatic N) is 1. The minimum Gasteiger partial charge on any atom is -0.309 e. The molecule has 1 N–H and O–H groups in total. The highest BCUT2D eigenvalue weighted by Gasteiger charge is 2.32. The highest BCUT2D eigenvalue weighted by atomic mass is 35.5. The zero-order chi connectivity index (χ0) is 14.2. The van der Waals surface area contributed by atoms with Gasteiger partial charge in [-0.3, -0.25) is 0 Å². The third-order valence-corrected chi connectivity index (χ3v) is 5.14. The maximum Gasteiger partial charge on any atom is 0.246 e. The molecule has 0 saturated carbocycles. The third kappa shape index (κ3) is 3.62. The Morgan fingerprint density at radius 3 is 2.35 bits per heavy atom. The fourth-order valence-electron chi connectivity index (χ4n) is 2.30. The standard InChI is InChI=1S/C12H16ClFN2O2S.ClH/c1-8-6-16(7-9(2)15-8)19(17,18)12-4-3-10(13)5-11(12)14;/h3-5,8-9,15H,6-7H2,1-2H3;1H. The molecule has 1 heterocycles. The molecule has 20 heavy (non-hydrogen) atoms. The van der Waals surface area contributed by atoms with E-state index >= 15 is 0 Å². The molecule has 0 spiro atoms. The molecule has 0 radical (unpaired) electrons. The lowest BCUT2D eigenvalue weighted by molar-refractivity contribution is 0.262. The molecule has 1 aliphatic heterocycles. The van der Waals surface area contributed by atoms with Crippen LogP contribution in [-0.4, -0.2) is 37.9 Å². The fourth-order valence-corrected chi connectivity index (χ4v) is 4.12. The molecule has 2 atom stereocenters. The van der Waals surface area contributed by atoms with E-state index < -0.39 is 15.8 Å². The first-order valence-electron chi connectivity index (χ1n) is 6.02. The number of benzene rings is 1. The van der Waals surface area contributed by atoms with Crippen LogP contribution in [0.5, 0.6) is 0 Å². The quantitative estimate of drug-likeness (QED) is 0.896. The highest BCUT2D eigenvalue weighted by Crippen LogP contribution is 2.23. The van der Waals surface area contributed by atoms with Crippen LogP contribution < -0.4 is 5.32 Å². The maximum atomic E-state index is 13.8. The molecule has 0 bridgehead atoms. The number of nitrogens with one attached hydrogen (secondary N) is 1. The number of sulfonamides is 1. The van der Waals surface area contributed by atoms with Crippen molar-refractivity contribution in [3.05, 3.63) is 29.0 Å². The van der Waals surface area contributed by atoms with Gasteiger partial charge in [-0.25, -0.2) is 12.8 Å². The van der Waals surface area contributed by atoms with Gasteiger partial charge in [0.15, 0.2) is 0 Å². The van der Waals surface area contributed by atoms with Gasteiger partial charge in [-0.15, -0.1) is 12.4 Å². The summed E-state index contributed by atoms with van der Waals surface area (Å²) >= 11 is 5.64. The molecule has 8 heteroatoms. The maximum absolute atomic E-state index is 13.8. The van der Waals surface area contributed by atoms with Crippen molar-refractivity contribution in [2.75, 3.05) is 13.1 Å². The highest BCUT2D eigenvalue weighted by molar-refractivity contribution is 7.89. The Labute approximate surface area is 129 Å². The van der Waals surface area contributed by atoms with E-state index in [4.69, 9.17) is 11.6 Å². The number of hydrogen-bond acceptors (Lipinski definition) is 3. The molecule has 1 aromatic rings. The second kappa shape index (κ2) is 6.58. The Morgan fingerprint density at radius 2 is 1.85 bits per heavy atom. The Hall–Kier alpha value is -0.400. The van der Waals surface area contributed by atoms with E-state index in [9.17, 15) is 12.8 Å². The fraction of sp³-hybridized carbons (Fsp3) is 0.500. The van der Waals surface area contributed by atoms with Crippen molar-refractivity contribution in [2.24, 2.45) is 0 Å². The normalized spacial score (nSPS) is 24.2. The second-order valence-electron chi connectivity index (χ2n) is 4.87. The van der Waals surface area contributed by atoms with E-state index in [1.165, 1.54) is 16.4 Å². The molecule has 1 aliphatic rings. The predicted octanol–water partition coefficient (Wildman–Crippen LogP) is 2.27. The van der Waals surface area contributed by atoms with Gasteiger partial charge in [0.25, 0.3) is 0 Å². The number of hydrogen-bond donors (Lipinski definition) is 1. The van der Waals surface area contributed by atoms with E-state index in [0.29, 0.717) is 13.1 Å². The first-order valence-corrected chi connectivity index (χ1v) is 7.84. The number of piperazine rings is 1. The Morgan fingerprint density at radius 1 is 1.30 bits per heavy atom. The average Bonchev–Trinajstić information content (AvgIpc) is 2.26. The van der Waals surface area contributed by atoms with E-state index in [-0.39, 0.29) is 34.4 Å². The molecule has 0 aliphatic carbocycles. The van der Waals surface area contributed by atoms with Crippen LogP contribution >= 0.6 is 24.0 Å². The third-order valence-electron chi connectivity index (χ3n) is 3.04. The Bertz CT molecular complexity index is 573. The summed E-state index contributed by atoms with van der Waals surface area (Å²) < 4.78 is 40.0. The molecule has 0 amide bonds.